The highest BCUT2D eigenvalue weighted by molar-refractivity contribution is 7.89. The molecule has 0 spiro atoms. The molecule has 4 rings (SSSR count). The zero-order valence-electron chi connectivity index (χ0n) is 19.5. The van der Waals surface area contributed by atoms with Crippen LogP contribution >= 0.6 is 0 Å². The van der Waals surface area contributed by atoms with Gasteiger partial charge in [0.05, 0.1) is 10.6 Å². The van der Waals surface area contributed by atoms with Gasteiger partial charge in [-0.2, -0.15) is 5.26 Å². The molecule has 1 fully saturated rings. The van der Waals surface area contributed by atoms with Crippen LogP contribution in [0.1, 0.15) is 40.7 Å². The maximum absolute atomic E-state index is 13.1. The molecule has 180 valence electrons. The van der Waals surface area contributed by atoms with Crippen molar-refractivity contribution in [3.05, 3.63) is 70.8 Å². The van der Waals surface area contributed by atoms with E-state index in [1.807, 2.05) is 6.07 Å². The molecular weight excluding hydrogens is 466 g/mol. The predicted molar refractivity (Wildman–Crippen MR) is 131 cm³/mol. The van der Waals surface area contributed by atoms with Crippen LogP contribution in [0.2, 0.25) is 0 Å². The van der Waals surface area contributed by atoms with E-state index < -0.39 is 15.9 Å². The number of amides is 2. The van der Waals surface area contributed by atoms with Gasteiger partial charge in [-0.25, -0.2) is 17.7 Å². The van der Waals surface area contributed by atoms with Crippen LogP contribution in [0.5, 0.6) is 0 Å². The summed E-state index contributed by atoms with van der Waals surface area (Å²) < 4.78 is 25.6. The van der Waals surface area contributed by atoms with Crippen molar-refractivity contribution in [3.63, 3.8) is 0 Å². The fraction of sp³-hybridized carbons (Fsp3) is 0.280. The summed E-state index contributed by atoms with van der Waals surface area (Å²) in [5, 5.41) is 12.6. The molecule has 1 saturated heterocycles. The van der Waals surface area contributed by atoms with Gasteiger partial charge in [0.15, 0.2) is 0 Å². The molecule has 2 aromatic carbocycles. The number of carbonyl (C=O) groups excluding carboxylic acids is 2. The first kappa shape index (κ1) is 24.3. The second-order valence-electron chi connectivity index (χ2n) is 8.46. The van der Waals surface area contributed by atoms with Crippen LogP contribution < -0.4 is 5.32 Å². The van der Waals surface area contributed by atoms with Gasteiger partial charge in [-0.3, -0.25) is 9.59 Å². The van der Waals surface area contributed by atoms with E-state index in [1.54, 1.807) is 29.2 Å². The van der Waals surface area contributed by atoms with Gasteiger partial charge in [0.25, 0.3) is 11.8 Å². The number of nitriles is 1. The molecule has 2 aliphatic rings. The summed E-state index contributed by atoms with van der Waals surface area (Å²) >= 11 is 0. The summed E-state index contributed by atoms with van der Waals surface area (Å²) in [6.45, 7) is 1.21. The molecule has 2 heterocycles. The molecule has 0 saturated carbocycles. The second kappa shape index (κ2) is 9.82. The molecule has 2 aliphatic heterocycles. The minimum atomic E-state index is -3.61. The average Bonchev–Trinajstić information content (AvgIpc) is 3.23. The largest absolute Gasteiger partial charge is 0.338 e. The molecule has 0 aromatic heterocycles. The van der Waals surface area contributed by atoms with Crippen molar-refractivity contribution in [2.24, 2.45) is 4.99 Å². The van der Waals surface area contributed by atoms with Crippen LogP contribution in [0, 0.1) is 11.3 Å². The molecule has 0 unspecified atom stereocenters. The summed E-state index contributed by atoms with van der Waals surface area (Å²) in [6, 6.07) is 14.7. The lowest BCUT2D eigenvalue weighted by Crippen LogP contribution is -2.36. The Morgan fingerprint density at radius 1 is 1.00 bits per heavy atom. The Labute approximate surface area is 204 Å². The van der Waals surface area contributed by atoms with Gasteiger partial charge in [0.2, 0.25) is 10.0 Å². The van der Waals surface area contributed by atoms with Crippen molar-refractivity contribution in [2.45, 2.75) is 24.2 Å². The van der Waals surface area contributed by atoms with Crippen molar-refractivity contribution in [3.8, 4) is 6.07 Å². The van der Waals surface area contributed by atoms with Crippen molar-refractivity contribution in [2.75, 3.05) is 27.2 Å². The Kier molecular flexibility index (Phi) is 6.82. The quantitative estimate of drug-likeness (QED) is 0.520. The van der Waals surface area contributed by atoms with Crippen molar-refractivity contribution in [1.29, 1.82) is 5.26 Å². The standard InChI is InChI=1S/C25H25N5O4S/c1-29(2)35(33,34)18-12-10-17(11-13-18)24(31)28-23-20-9-5-4-8-19(20)22(27-23)21(16-26)25(32)30-14-6-3-7-15-30/h4-5,8-13H,3,6-7,14-15H2,1-2H3,(H,27,28,31). The molecular formula is C25H25N5O4S. The molecule has 1 N–H and O–H groups in total. The van der Waals surface area contributed by atoms with Gasteiger partial charge in [0, 0.05) is 43.9 Å². The SMILES string of the molecule is CN(C)S(=O)(=O)c1ccc(C(=O)NC2=NC(=C(C#N)C(=O)N3CCCCC3)c3ccccc32)cc1. The first-order valence-corrected chi connectivity index (χ1v) is 12.6. The number of hydrogen-bond donors (Lipinski definition) is 1. The van der Waals surface area contributed by atoms with Gasteiger partial charge in [0.1, 0.15) is 17.5 Å². The Balaban J connectivity index is 1.64. The number of fused-ring (bicyclic) bond motifs is 1. The lowest BCUT2D eigenvalue weighted by Gasteiger charge is -2.26. The number of likely N-dealkylation sites (tertiary alicyclic amines) is 1. The third-order valence-corrected chi connectivity index (χ3v) is 7.82. The number of amidine groups is 1. The van der Waals surface area contributed by atoms with Gasteiger partial charge < -0.3 is 10.2 Å². The Morgan fingerprint density at radius 3 is 2.23 bits per heavy atom. The van der Waals surface area contributed by atoms with E-state index in [-0.39, 0.29) is 33.5 Å². The lowest BCUT2D eigenvalue weighted by molar-refractivity contribution is -0.127. The van der Waals surface area contributed by atoms with Crippen LogP contribution in [0.3, 0.4) is 0 Å². The molecule has 0 bridgehead atoms. The number of nitrogens with one attached hydrogen (secondary N) is 1. The molecule has 10 heteroatoms. The number of carbonyl (C=O) groups is 2. The molecule has 2 amide bonds. The van der Waals surface area contributed by atoms with Crippen LogP contribution in [0.25, 0.3) is 5.70 Å². The summed E-state index contributed by atoms with van der Waals surface area (Å²) in [4.78, 5) is 32.2. The van der Waals surface area contributed by atoms with Gasteiger partial charge in [-0.05, 0) is 43.5 Å². The predicted octanol–water partition coefficient (Wildman–Crippen LogP) is 2.37. The minimum absolute atomic E-state index is 0.0538. The highest BCUT2D eigenvalue weighted by Crippen LogP contribution is 2.31. The molecule has 0 atom stereocenters. The normalized spacial score (nSPS) is 16.9. The topological polar surface area (TPSA) is 123 Å². The molecule has 2 aromatic rings. The number of benzene rings is 2. The molecule has 35 heavy (non-hydrogen) atoms. The monoisotopic (exact) mass is 491 g/mol. The smallest absolute Gasteiger partial charge is 0.266 e. The van der Waals surface area contributed by atoms with E-state index in [0.29, 0.717) is 24.2 Å². The van der Waals surface area contributed by atoms with Crippen LogP contribution in [0.15, 0.2) is 64.0 Å². The van der Waals surface area contributed by atoms with Crippen molar-refractivity contribution >= 4 is 33.4 Å². The van der Waals surface area contributed by atoms with E-state index >= 15 is 0 Å². The van der Waals surface area contributed by atoms with E-state index in [0.717, 1.165) is 23.6 Å². The Bertz CT molecular complexity index is 1380. The summed E-state index contributed by atoms with van der Waals surface area (Å²) in [6.07, 6.45) is 2.85. The molecule has 0 aliphatic carbocycles. The minimum Gasteiger partial charge on any atom is -0.338 e. The second-order valence-corrected chi connectivity index (χ2v) is 10.6. The van der Waals surface area contributed by atoms with Gasteiger partial charge >= 0.3 is 0 Å². The number of hydrogen-bond acceptors (Lipinski definition) is 6. The maximum Gasteiger partial charge on any atom is 0.266 e. The van der Waals surface area contributed by atoms with E-state index in [1.165, 1.54) is 38.4 Å². The van der Waals surface area contributed by atoms with Crippen LogP contribution in [0.4, 0.5) is 0 Å². The average molecular weight is 492 g/mol. The zero-order valence-corrected chi connectivity index (χ0v) is 20.3. The fourth-order valence-electron chi connectivity index (χ4n) is 4.04. The number of rotatable bonds is 4. The number of sulfonamides is 1. The maximum atomic E-state index is 13.1. The van der Waals surface area contributed by atoms with Crippen LogP contribution in [-0.2, 0) is 14.8 Å². The highest BCUT2D eigenvalue weighted by Gasteiger charge is 2.30. The summed E-state index contributed by atoms with van der Waals surface area (Å²) in [5.74, 6) is -0.620. The third-order valence-electron chi connectivity index (χ3n) is 5.99. The molecule has 9 nitrogen and oxygen atoms in total. The first-order chi connectivity index (χ1) is 16.7. The zero-order chi connectivity index (χ0) is 25.2. The van der Waals surface area contributed by atoms with E-state index in [4.69, 9.17) is 0 Å². The van der Waals surface area contributed by atoms with Crippen molar-refractivity contribution < 1.29 is 18.0 Å². The number of piperidine rings is 1. The number of aliphatic imine (C=N–C) groups is 1. The first-order valence-electron chi connectivity index (χ1n) is 11.2. The van der Waals surface area contributed by atoms with E-state index in [2.05, 4.69) is 10.3 Å². The van der Waals surface area contributed by atoms with Crippen molar-refractivity contribution in [1.82, 2.24) is 14.5 Å². The Hall–Kier alpha value is -3.81. The third kappa shape index (κ3) is 4.73. The summed E-state index contributed by atoms with van der Waals surface area (Å²) in [7, 11) is -0.748. The van der Waals surface area contributed by atoms with E-state index in [9.17, 15) is 23.3 Å². The highest BCUT2D eigenvalue weighted by atomic mass is 32.2. The van der Waals surface area contributed by atoms with Gasteiger partial charge in [-0.1, -0.05) is 24.3 Å². The number of nitrogens with zero attached hydrogens (tertiary/aromatic N) is 4. The lowest BCUT2D eigenvalue weighted by atomic mass is 10.0. The molecule has 0 radical (unpaired) electrons. The Morgan fingerprint density at radius 2 is 1.63 bits per heavy atom. The summed E-state index contributed by atoms with van der Waals surface area (Å²) in [5.41, 5.74) is 1.62. The van der Waals surface area contributed by atoms with Gasteiger partial charge in [-0.15, -0.1) is 0 Å². The van der Waals surface area contributed by atoms with Crippen LogP contribution in [-0.4, -0.2) is 62.5 Å². The fourth-order valence-corrected chi connectivity index (χ4v) is 4.94.